The number of rotatable bonds is 0. The third-order valence-electron chi connectivity index (χ3n) is 0. The average molecular weight is 208 g/mol. The first-order valence-corrected chi connectivity index (χ1v) is 1.95. The van der Waals surface area contributed by atoms with Crippen LogP contribution in [-0.2, 0) is 4.46 Å². The summed E-state index contributed by atoms with van der Waals surface area (Å²) in [6, 6.07) is 0. The summed E-state index contributed by atoms with van der Waals surface area (Å²) in [6.45, 7) is 0. The molecule has 0 heterocycles. The maximum Gasteiger partial charge on any atom is 1.00 e. The minimum absolute atomic E-state index is 0. The molecule has 0 aromatic rings. The van der Waals surface area contributed by atoms with E-state index in [2.05, 4.69) is 0 Å². The number of hydrogen-bond acceptors (Lipinski definition) is 1. The molecule has 0 atom stereocenters. The molecular formula is H13KO8Si. The van der Waals surface area contributed by atoms with Gasteiger partial charge in [0.1, 0.15) is 0 Å². The van der Waals surface area contributed by atoms with Crippen LogP contribution in [0, 0.1) is 0 Å². The second-order valence-corrected chi connectivity index (χ2v) is 0.848. The molecule has 0 aromatic carbocycles. The molecule has 0 amide bonds. The predicted octanol–water partition coefficient (Wildman–Crippen LogP) is -8.62. The van der Waals surface area contributed by atoms with Crippen LogP contribution in [0.1, 0.15) is 1.43 Å². The summed E-state index contributed by atoms with van der Waals surface area (Å²) in [5.74, 6) is 0. The van der Waals surface area contributed by atoms with Gasteiger partial charge < -0.3 is 38.4 Å². The van der Waals surface area contributed by atoms with Gasteiger partial charge in [0.05, 0.1) is 0 Å². The van der Waals surface area contributed by atoms with Crippen LogP contribution in [0.25, 0.3) is 0 Å². The van der Waals surface area contributed by atoms with Crippen LogP contribution in [-0.4, -0.2) is 46.1 Å². The Bertz CT molecular complexity index is 37.1. The minimum Gasteiger partial charge on any atom is -1.00 e. The van der Waals surface area contributed by atoms with E-state index in [1.807, 2.05) is 0 Å². The average Bonchev–Trinajstić information content (AvgIpc) is 0.811. The van der Waals surface area contributed by atoms with E-state index in [4.69, 9.17) is 14.1 Å². The second kappa shape index (κ2) is 50.2. The molecule has 0 aliphatic heterocycles. The van der Waals surface area contributed by atoms with Crippen molar-refractivity contribution in [3.63, 3.8) is 0 Å². The molecule has 0 rings (SSSR count). The summed E-state index contributed by atoms with van der Waals surface area (Å²) in [5, 5.41) is 0. The topological polar surface area (TPSA) is 215 Å². The minimum atomic E-state index is -3.13. The van der Waals surface area contributed by atoms with E-state index in [0.29, 0.717) is 0 Å². The van der Waals surface area contributed by atoms with Gasteiger partial charge in [0, 0.05) is 0 Å². The van der Waals surface area contributed by atoms with E-state index in [-0.39, 0.29) is 80.2 Å². The van der Waals surface area contributed by atoms with Crippen molar-refractivity contribution in [1.82, 2.24) is 0 Å². The Hall–Kier alpha value is 1.05. The molecule has 0 aliphatic rings. The fraction of sp³-hybridized carbons (Fsp3) is 0. The van der Waals surface area contributed by atoms with Gasteiger partial charge in [-0.15, -0.1) is 0 Å². The van der Waals surface area contributed by atoms with Crippen molar-refractivity contribution in [3.8, 4) is 0 Å². The normalized spacial score (nSPS) is 2.40. The third kappa shape index (κ3) is 529. The standard InChI is InChI=1S/K.H2O3Si.5H2O.H/c;1-4(2)3;;;;;;/h;1-2H;5*1H2;/q+1;;;;;;;-1. The van der Waals surface area contributed by atoms with E-state index in [1.54, 1.807) is 0 Å². The van der Waals surface area contributed by atoms with Crippen LogP contribution in [0.2, 0.25) is 0 Å². The van der Waals surface area contributed by atoms with Crippen LogP contribution in [0.4, 0.5) is 0 Å². The summed E-state index contributed by atoms with van der Waals surface area (Å²) in [7, 11) is -3.13. The second-order valence-electron chi connectivity index (χ2n) is 0.283. The molecule has 12 N–H and O–H groups in total. The van der Waals surface area contributed by atoms with Gasteiger partial charge in [0.15, 0.2) is 0 Å². The van der Waals surface area contributed by atoms with Crippen molar-refractivity contribution >= 4 is 9.17 Å². The van der Waals surface area contributed by atoms with E-state index >= 15 is 0 Å². The van der Waals surface area contributed by atoms with Crippen LogP contribution < -0.4 is 51.4 Å². The third-order valence-corrected chi connectivity index (χ3v) is 0. The molecule has 0 spiro atoms. The molecule has 10 heavy (non-hydrogen) atoms. The van der Waals surface area contributed by atoms with Gasteiger partial charge in [-0.25, -0.2) is 0 Å². The molecule has 0 bridgehead atoms. The Labute approximate surface area is 102 Å². The van der Waals surface area contributed by atoms with Crippen molar-refractivity contribution < 1.29 is 94.2 Å². The van der Waals surface area contributed by atoms with E-state index in [9.17, 15) is 0 Å². The molecule has 0 unspecified atom stereocenters. The molecule has 66 valence electrons. The zero-order valence-corrected chi connectivity index (χ0v) is 9.43. The Morgan fingerprint density at radius 2 is 0.900 bits per heavy atom. The maximum atomic E-state index is 8.74. The fourth-order valence-corrected chi connectivity index (χ4v) is 0. The Kier molecular flexibility index (Phi) is 341. The van der Waals surface area contributed by atoms with Crippen LogP contribution in [0.5, 0.6) is 0 Å². The monoisotopic (exact) mass is 208 g/mol. The van der Waals surface area contributed by atoms with Gasteiger partial charge in [0.25, 0.3) is 0 Å². The largest absolute Gasteiger partial charge is 1.00 e. The molecule has 0 saturated carbocycles. The number of hydrogen-bond donors (Lipinski definition) is 2. The van der Waals surface area contributed by atoms with Crippen molar-refractivity contribution in [2.75, 3.05) is 0 Å². The van der Waals surface area contributed by atoms with Gasteiger partial charge in [-0.3, -0.25) is 4.46 Å². The van der Waals surface area contributed by atoms with Gasteiger partial charge in [0.2, 0.25) is 0 Å². The summed E-state index contributed by atoms with van der Waals surface area (Å²) in [5.41, 5.74) is 0. The first-order chi connectivity index (χ1) is 1.73. The molecule has 0 fully saturated rings. The molecule has 0 radical (unpaired) electrons. The van der Waals surface area contributed by atoms with E-state index in [0.717, 1.165) is 0 Å². The Balaban J connectivity index is -0.00000000214. The molecule has 0 saturated heterocycles. The summed E-state index contributed by atoms with van der Waals surface area (Å²) in [4.78, 5) is 14.3. The van der Waals surface area contributed by atoms with Crippen molar-refractivity contribution in [2.24, 2.45) is 0 Å². The Morgan fingerprint density at radius 1 is 0.900 bits per heavy atom. The summed E-state index contributed by atoms with van der Waals surface area (Å²) in [6.07, 6.45) is 0. The van der Waals surface area contributed by atoms with Crippen LogP contribution in [0.15, 0.2) is 0 Å². The Morgan fingerprint density at radius 3 is 0.900 bits per heavy atom. The zero-order chi connectivity index (χ0) is 3.58. The zero-order valence-electron chi connectivity index (χ0n) is 6.30. The van der Waals surface area contributed by atoms with E-state index in [1.165, 1.54) is 0 Å². The predicted molar refractivity (Wildman–Crippen MR) is 30.1 cm³/mol. The molecule has 8 nitrogen and oxygen atoms in total. The summed E-state index contributed by atoms with van der Waals surface area (Å²) >= 11 is 0. The SMILES string of the molecule is O.O.O.O.O.O=[Si](O)O.[H-].[K+]. The first kappa shape index (κ1) is 68.0. The van der Waals surface area contributed by atoms with Gasteiger partial charge in [-0.2, -0.15) is 0 Å². The quantitative estimate of drug-likeness (QED) is 0.371. The molecule has 10 heteroatoms. The maximum absolute atomic E-state index is 8.74. The van der Waals surface area contributed by atoms with E-state index < -0.39 is 9.17 Å². The molecule has 0 aromatic heterocycles. The van der Waals surface area contributed by atoms with Crippen molar-refractivity contribution in [2.45, 2.75) is 0 Å². The smallest absolute Gasteiger partial charge is 1.00 e. The first-order valence-electron chi connectivity index (χ1n) is 0.651. The molecule has 0 aliphatic carbocycles. The fourth-order valence-electron chi connectivity index (χ4n) is 0. The molecular weight excluding hydrogens is 195 g/mol. The van der Waals surface area contributed by atoms with Crippen molar-refractivity contribution in [1.29, 1.82) is 0 Å². The van der Waals surface area contributed by atoms with Gasteiger partial charge >= 0.3 is 60.6 Å². The van der Waals surface area contributed by atoms with Gasteiger partial charge in [-0.05, 0) is 0 Å². The summed E-state index contributed by atoms with van der Waals surface area (Å²) < 4.78 is 8.74. The van der Waals surface area contributed by atoms with Gasteiger partial charge in [-0.1, -0.05) is 0 Å². The van der Waals surface area contributed by atoms with Crippen LogP contribution >= 0.6 is 0 Å². The van der Waals surface area contributed by atoms with Crippen LogP contribution in [0.3, 0.4) is 0 Å². The van der Waals surface area contributed by atoms with Crippen molar-refractivity contribution in [3.05, 3.63) is 0 Å².